The van der Waals surface area contributed by atoms with Crippen molar-refractivity contribution in [1.82, 2.24) is 9.55 Å². The highest BCUT2D eigenvalue weighted by molar-refractivity contribution is 9.10. The van der Waals surface area contributed by atoms with Gasteiger partial charge in [-0.25, -0.2) is 4.98 Å². The summed E-state index contributed by atoms with van der Waals surface area (Å²) in [5, 5.41) is 0. The van der Waals surface area contributed by atoms with Crippen molar-refractivity contribution in [3.05, 3.63) is 100 Å². The van der Waals surface area contributed by atoms with Gasteiger partial charge in [0.05, 0.1) is 24.0 Å². The Hall–Kier alpha value is -2.64. The highest BCUT2D eigenvalue weighted by Crippen LogP contribution is 2.37. The van der Waals surface area contributed by atoms with Crippen molar-refractivity contribution in [2.75, 3.05) is 6.61 Å². The van der Waals surface area contributed by atoms with Crippen LogP contribution in [-0.4, -0.2) is 28.4 Å². The SMILES string of the molecule is CC.Cc1ccc(C2=CC(C(F)(F)F)=CCCC2OCC2=CCC=CC=C2)n1-c1cccc(Br)n1. The Morgan fingerprint density at radius 3 is 2.66 bits per heavy atom. The van der Waals surface area contributed by atoms with E-state index in [9.17, 15) is 13.2 Å². The highest BCUT2D eigenvalue weighted by Gasteiger charge is 2.35. The molecule has 0 aromatic carbocycles. The average molecular weight is 547 g/mol. The van der Waals surface area contributed by atoms with Crippen LogP contribution in [0.1, 0.15) is 44.5 Å². The van der Waals surface area contributed by atoms with E-state index in [0.29, 0.717) is 34.7 Å². The van der Waals surface area contributed by atoms with Crippen LogP contribution in [0.25, 0.3) is 11.4 Å². The normalized spacial score (nSPS) is 18.0. The molecule has 0 radical (unpaired) electrons. The zero-order valence-corrected chi connectivity index (χ0v) is 21.7. The molecule has 2 heterocycles. The Labute approximate surface area is 213 Å². The van der Waals surface area contributed by atoms with E-state index in [0.717, 1.165) is 17.7 Å². The molecule has 4 rings (SSSR count). The van der Waals surface area contributed by atoms with Crippen molar-refractivity contribution in [2.45, 2.75) is 52.3 Å². The van der Waals surface area contributed by atoms with Crippen LogP contribution in [0.2, 0.25) is 0 Å². The summed E-state index contributed by atoms with van der Waals surface area (Å²) in [4.78, 5) is 4.53. The first kappa shape index (κ1) is 27.0. The second-order valence-electron chi connectivity index (χ2n) is 7.95. The van der Waals surface area contributed by atoms with Crippen LogP contribution >= 0.6 is 15.9 Å². The number of ether oxygens (including phenoxy) is 1. The van der Waals surface area contributed by atoms with Gasteiger partial charge in [-0.1, -0.05) is 56.4 Å². The van der Waals surface area contributed by atoms with E-state index < -0.39 is 17.9 Å². The maximum Gasteiger partial charge on any atom is 0.416 e. The van der Waals surface area contributed by atoms with Gasteiger partial charge < -0.3 is 4.74 Å². The average Bonchev–Trinajstić information content (AvgIpc) is 3.01. The standard InChI is InChI=1S/C26H24BrF3N2O.C2H6/c1-18-14-15-22(32(18)25-13-7-12-24(27)31-25)21-16-20(26(28,29)30)10-6-11-23(21)33-17-19-8-4-2-3-5-9-19;1-2/h2-4,7-10,12-16,23H,5-6,11,17H2,1H3;1-2H3. The molecule has 7 heteroatoms. The minimum absolute atomic E-state index is 0.283. The summed E-state index contributed by atoms with van der Waals surface area (Å²) in [6.45, 7) is 6.24. The number of pyridine rings is 1. The number of halogens is 4. The van der Waals surface area contributed by atoms with Crippen molar-refractivity contribution >= 4 is 21.5 Å². The van der Waals surface area contributed by atoms with Crippen molar-refractivity contribution < 1.29 is 17.9 Å². The van der Waals surface area contributed by atoms with Crippen LogP contribution in [0.4, 0.5) is 13.2 Å². The summed E-state index contributed by atoms with van der Waals surface area (Å²) >= 11 is 3.39. The number of rotatable bonds is 5. The first-order valence-corrected chi connectivity index (χ1v) is 12.6. The lowest BCUT2D eigenvalue weighted by atomic mass is 10.0. The van der Waals surface area contributed by atoms with Crippen LogP contribution in [-0.2, 0) is 4.74 Å². The molecule has 2 aliphatic rings. The van der Waals surface area contributed by atoms with E-state index in [4.69, 9.17) is 4.74 Å². The molecule has 1 atom stereocenters. The number of hydrogen-bond acceptors (Lipinski definition) is 2. The predicted octanol–water partition coefficient (Wildman–Crippen LogP) is 8.46. The van der Waals surface area contributed by atoms with Gasteiger partial charge in [-0.05, 0) is 78.0 Å². The van der Waals surface area contributed by atoms with Gasteiger partial charge in [0.15, 0.2) is 0 Å². The Morgan fingerprint density at radius 2 is 1.91 bits per heavy atom. The number of alkyl halides is 3. The quantitative estimate of drug-likeness (QED) is 0.351. The van der Waals surface area contributed by atoms with Crippen LogP contribution in [0, 0.1) is 6.92 Å². The summed E-state index contributed by atoms with van der Waals surface area (Å²) in [5.41, 5.74) is 2.38. The molecule has 1 unspecified atom stereocenters. The molecule has 0 amide bonds. The van der Waals surface area contributed by atoms with Crippen LogP contribution < -0.4 is 0 Å². The van der Waals surface area contributed by atoms with Gasteiger partial charge in [0.1, 0.15) is 10.4 Å². The molecule has 2 aliphatic carbocycles. The summed E-state index contributed by atoms with van der Waals surface area (Å²) in [6.07, 6.45) is 9.11. The molecule has 0 spiro atoms. The van der Waals surface area contributed by atoms with Gasteiger partial charge in [0.25, 0.3) is 0 Å². The molecule has 2 aromatic heterocycles. The fourth-order valence-electron chi connectivity index (χ4n) is 3.99. The Morgan fingerprint density at radius 1 is 1.11 bits per heavy atom. The van der Waals surface area contributed by atoms with E-state index >= 15 is 0 Å². The fourth-order valence-corrected chi connectivity index (χ4v) is 4.33. The van der Waals surface area contributed by atoms with E-state index in [2.05, 4.69) is 27.0 Å². The first-order chi connectivity index (χ1) is 16.8. The Balaban J connectivity index is 0.00000167. The number of aryl methyl sites for hydroxylation is 1. The maximum absolute atomic E-state index is 13.7. The van der Waals surface area contributed by atoms with Gasteiger partial charge in [0, 0.05) is 11.3 Å². The lowest BCUT2D eigenvalue weighted by Gasteiger charge is -2.23. The minimum atomic E-state index is -4.43. The van der Waals surface area contributed by atoms with E-state index in [-0.39, 0.29) is 6.42 Å². The third-order valence-corrected chi connectivity index (χ3v) is 6.05. The summed E-state index contributed by atoms with van der Waals surface area (Å²) < 4.78 is 50.0. The molecule has 0 aliphatic heterocycles. The van der Waals surface area contributed by atoms with Crippen molar-refractivity contribution in [3.8, 4) is 5.82 Å². The third kappa shape index (κ3) is 6.95. The summed E-state index contributed by atoms with van der Waals surface area (Å²) in [7, 11) is 0. The second-order valence-corrected chi connectivity index (χ2v) is 8.76. The Bertz CT molecular complexity index is 1170. The van der Waals surface area contributed by atoms with Gasteiger partial charge in [-0.15, -0.1) is 0 Å². The van der Waals surface area contributed by atoms with Crippen molar-refractivity contribution in [1.29, 1.82) is 0 Å². The molecule has 3 nitrogen and oxygen atoms in total. The first-order valence-electron chi connectivity index (χ1n) is 11.8. The third-order valence-electron chi connectivity index (χ3n) is 5.60. The van der Waals surface area contributed by atoms with Crippen molar-refractivity contribution in [3.63, 3.8) is 0 Å². The molecular weight excluding hydrogens is 517 g/mol. The molecule has 0 N–H and O–H groups in total. The van der Waals surface area contributed by atoms with Crippen molar-refractivity contribution in [2.24, 2.45) is 0 Å². The van der Waals surface area contributed by atoms with E-state index in [1.165, 1.54) is 12.2 Å². The monoisotopic (exact) mass is 546 g/mol. The van der Waals surface area contributed by atoms with Crippen LogP contribution in [0.3, 0.4) is 0 Å². The smallest absolute Gasteiger partial charge is 0.369 e. The highest BCUT2D eigenvalue weighted by atomic mass is 79.9. The van der Waals surface area contributed by atoms with E-state index in [1.54, 1.807) is 0 Å². The second kappa shape index (κ2) is 12.4. The van der Waals surface area contributed by atoms with Crippen LogP contribution in [0.15, 0.2) is 88.6 Å². The molecular formula is C28H30BrF3N2O. The fraction of sp³-hybridized carbons (Fsp3) is 0.321. The van der Waals surface area contributed by atoms with E-state index in [1.807, 2.05) is 80.0 Å². The molecule has 0 saturated heterocycles. The lowest BCUT2D eigenvalue weighted by molar-refractivity contribution is -0.0883. The molecule has 0 saturated carbocycles. The molecule has 186 valence electrons. The zero-order valence-electron chi connectivity index (χ0n) is 20.1. The number of nitrogens with zero attached hydrogens (tertiary/aromatic N) is 2. The number of aromatic nitrogens is 2. The Kier molecular flexibility index (Phi) is 9.52. The minimum Gasteiger partial charge on any atom is -0.369 e. The molecule has 2 aromatic rings. The predicted molar refractivity (Wildman–Crippen MR) is 139 cm³/mol. The van der Waals surface area contributed by atoms with Gasteiger partial charge in [0.2, 0.25) is 0 Å². The number of hydrogen-bond donors (Lipinski definition) is 0. The van der Waals surface area contributed by atoms with Gasteiger partial charge in [-0.3, -0.25) is 4.57 Å². The summed E-state index contributed by atoms with van der Waals surface area (Å²) in [6, 6.07) is 9.23. The largest absolute Gasteiger partial charge is 0.416 e. The summed E-state index contributed by atoms with van der Waals surface area (Å²) in [5.74, 6) is 0.629. The lowest BCUT2D eigenvalue weighted by Crippen LogP contribution is -2.19. The topological polar surface area (TPSA) is 27.1 Å². The number of allylic oxidation sites excluding steroid dienone is 7. The van der Waals surface area contributed by atoms with Crippen LogP contribution in [0.5, 0.6) is 0 Å². The maximum atomic E-state index is 13.7. The van der Waals surface area contributed by atoms with Gasteiger partial charge >= 0.3 is 6.18 Å². The van der Waals surface area contributed by atoms with Gasteiger partial charge in [-0.2, -0.15) is 13.2 Å². The molecule has 35 heavy (non-hydrogen) atoms. The zero-order chi connectivity index (χ0) is 25.4. The molecule has 0 bridgehead atoms. The molecule has 0 fully saturated rings.